The van der Waals surface area contributed by atoms with Crippen molar-refractivity contribution in [2.24, 2.45) is 0 Å². The highest BCUT2D eigenvalue weighted by Gasteiger charge is 1.92. The molecule has 0 aromatic carbocycles. The van der Waals surface area contributed by atoms with Crippen LogP contribution >= 0.6 is 12.6 Å². The average molecular weight is 162 g/mol. The molecule has 0 N–H and O–H groups in total. The lowest BCUT2D eigenvalue weighted by molar-refractivity contribution is 1.18. The first-order chi connectivity index (χ1) is 5.36. The van der Waals surface area contributed by atoms with Gasteiger partial charge in [-0.25, -0.2) is 4.98 Å². The summed E-state index contributed by atoms with van der Waals surface area (Å²) in [5.41, 5.74) is 0.889. The summed E-state index contributed by atoms with van der Waals surface area (Å²) in [7, 11) is 0. The molecular weight excluding hydrogens is 156 g/mol. The lowest BCUT2D eigenvalue weighted by atomic mass is 10.3. The molecule has 0 saturated carbocycles. The lowest BCUT2D eigenvalue weighted by Crippen LogP contribution is -1.80. The molecule has 0 aliphatic heterocycles. The van der Waals surface area contributed by atoms with E-state index in [1.165, 1.54) is 0 Å². The van der Waals surface area contributed by atoms with Crippen LogP contribution in [0.5, 0.6) is 0 Å². The SMILES string of the molecule is Sc1ccc2ccncc2n1. The highest BCUT2D eigenvalue weighted by Crippen LogP contribution is 2.11. The molecule has 2 nitrogen and oxygen atoms in total. The smallest absolute Gasteiger partial charge is 0.0937 e. The van der Waals surface area contributed by atoms with E-state index in [0.29, 0.717) is 0 Å². The Balaban J connectivity index is 2.83. The van der Waals surface area contributed by atoms with E-state index in [2.05, 4.69) is 22.6 Å². The first-order valence-corrected chi connectivity index (χ1v) is 3.71. The zero-order chi connectivity index (χ0) is 7.68. The van der Waals surface area contributed by atoms with E-state index in [4.69, 9.17) is 0 Å². The van der Waals surface area contributed by atoms with Gasteiger partial charge in [-0.3, -0.25) is 4.98 Å². The maximum atomic E-state index is 4.18. The van der Waals surface area contributed by atoms with Crippen LogP contribution in [0.25, 0.3) is 10.9 Å². The number of rotatable bonds is 0. The van der Waals surface area contributed by atoms with Gasteiger partial charge in [0, 0.05) is 11.6 Å². The number of nitrogens with zero attached hydrogens (tertiary/aromatic N) is 2. The Morgan fingerprint density at radius 1 is 1.18 bits per heavy atom. The van der Waals surface area contributed by atoms with Crippen molar-refractivity contribution < 1.29 is 0 Å². The van der Waals surface area contributed by atoms with Crippen molar-refractivity contribution in [3.8, 4) is 0 Å². The normalized spacial score (nSPS) is 10.3. The second-order valence-electron chi connectivity index (χ2n) is 2.24. The van der Waals surface area contributed by atoms with Gasteiger partial charge < -0.3 is 0 Å². The zero-order valence-corrected chi connectivity index (χ0v) is 6.62. The number of thiol groups is 1. The van der Waals surface area contributed by atoms with Gasteiger partial charge in [0.1, 0.15) is 0 Å². The summed E-state index contributed by atoms with van der Waals surface area (Å²) in [6.45, 7) is 0. The summed E-state index contributed by atoms with van der Waals surface area (Å²) in [4.78, 5) is 8.13. The number of pyridine rings is 2. The lowest BCUT2D eigenvalue weighted by Gasteiger charge is -1.94. The van der Waals surface area contributed by atoms with Crippen molar-refractivity contribution in [1.29, 1.82) is 0 Å². The summed E-state index contributed by atoms with van der Waals surface area (Å²) in [5.74, 6) is 0. The van der Waals surface area contributed by atoms with Crippen LogP contribution in [-0.4, -0.2) is 9.97 Å². The third kappa shape index (κ3) is 1.19. The van der Waals surface area contributed by atoms with Crippen molar-refractivity contribution in [2.75, 3.05) is 0 Å². The highest BCUT2D eigenvalue weighted by molar-refractivity contribution is 7.80. The fourth-order valence-corrected chi connectivity index (χ4v) is 1.14. The van der Waals surface area contributed by atoms with Gasteiger partial charge >= 0.3 is 0 Å². The van der Waals surface area contributed by atoms with Gasteiger partial charge in [0.05, 0.1) is 16.7 Å². The summed E-state index contributed by atoms with van der Waals surface area (Å²) in [5, 5.41) is 1.82. The third-order valence-electron chi connectivity index (χ3n) is 1.48. The minimum Gasteiger partial charge on any atom is -0.262 e. The van der Waals surface area contributed by atoms with E-state index in [0.717, 1.165) is 15.9 Å². The third-order valence-corrected chi connectivity index (χ3v) is 1.73. The van der Waals surface area contributed by atoms with E-state index < -0.39 is 0 Å². The molecule has 0 atom stereocenters. The Kier molecular flexibility index (Phi) is 1.51. The summed E-state index contributed by atoms with van der Waals surface area (Å²) in [6.07, 6.45) is 3.48. The summed E-state index contributed by atoms with van der Waals surface area (Å²) in [6, 6.07) is 5.77. The Bertz CT molecular complexity index is 387. The van der Waals surface area contributed by atoms with Gasteiger partial charge in [0.25, 0.3) is 0 Å². The highest BCUT2D eigenvalue weighted by atomic mass is 32.1. The van der Waals surface area contributed by atoms with Gasteiger partial charge in [-0.15, -0.1) is 12.6 Å². The standard InChI is InChI=1S/C8H6N2S/c11-8-2-1-6-3-4-9-5-7(6)10-8/h1-5H,(H,10,11). The minimum absolute atomic E-state index is 0.727. The second kappa shape index (κ2) is 2.51. The molecule has 2 heterocycles. The van der Waals surface area contributed by atoms with Crippen LogP contribution in [0.15, 0.2) is 35.6 Å². The summed E-state index contributed by atoms with van der Waals surface area (Å²) >= 11 is 4.12. The Labute approximate surface area is 69.7 Å². The van der Waals surface area contributed by atoms with Crippen molar-refractivity contribution in [3.63, 3.8) is 0 Å². The number of aromatic nitrogens is 2. The number of hydrogen-bond acceptors (Lipinski definition) is 3. The maximum Gasteiger partial charge on any atom is 0.0937 e. The van der Waals surface area contributed by atoms with Crippen LogP contribution in [0.2, 0.25) is 0 Å². The molecule has 0 fully saturated rings. The van der Waals surface area contributed by atoms with Gasteiger partial charge in [0.2, 0.25) is 0 Å². The van der Waals surface area contributed by atoms with Gasteiger partial charge in [-0.05, 0) is 12.1 Å². The van der Waals surface area contributed by atoms with Crippen LogP contribution in [0.3, 0.4) is 0 Å². The van der Waals surface area contributed by atoms with Crippen molar-refractivity contribution in [3.05, 3.63) is 30.6 Å². The molecule has 11 heavy (non-hydrogen) atoms. The molecule has 2 rings (SSSR count). The van der Waals surface area contributed by atoms with Crippen LogP contribution in [0.4, 0.5) is 0 Å². The Hall–Kier alpha value is -1.09. The van der Waals surface area contributed by atoms with E-state index in [1.54, 1.807) is 12.4 Å². The molecule has 0 saturated heterocycles. The Morgan fingerprint density at radius 3 is 3.00 bits per heavy atom. The Morgan fingerprint density at radius 2 is 2.09 bits per heavy atom. The molecule has 0 spiro atoms. The monoisotopic (exact) mass is 162 g/mol. The van der Waals surface area contributed by atoms with E-state index in [-0.39, 0.29) is 0 Å². The predicted molar refractivity (Wildman–Crippen MR) is 46.8 cm³/mol. The quantitative estimate of drug-likeness (QED) is 0.599. The van der Waals surface area contributed by atoms with Crippen LogP contribution in [0, 0.1) is 0 Å². The van der Waals surface area contributed by atoms with E-state index >= 15 is 0 Å². The summed E-state index contributed by atoms with van der Waals surface area (Å²) < 4.78 is 0. The zero-order valence-electron chi connectivity index (χ0n) is 5.73. The van der Waals surface area contributed by atoms with Crippen molar-refractivity contribution in [1.82, 2.24) is 9.97 Å². The van der Waals surface area contributed by atoms with Gasteiger partial charge in [-0.2, -0.15) is 0 Å². The largest absolute Gasteiger partial charge is 0.262 e. The van der Waals surface area contributed by atoms with Gasteiger partial charge in [0.15, 0.2) is 0 Å². The van der Waals surface area contributed by atoms with E-state index in [9.17, 15) is 0 Å². The molecule has 0 bridgehead atoms. The molecule has 0 aliphatic rings. The minimum atomic E-state index is 0.727. The molecule has 0 amide bonds. The van der Waals surface area contributed by atoms with E-state index in [1.807, 2.05) is 18.2 Å². The number of hydrogen-bond donors (Lipinski definition) is 1. The molecule has 2 aromatic heterocycles. The van der Waals surface area contributed by atoms with Crippen LogP contribution < -0.4 is 0 Å². The molecule has 2 aromatic rings. The van der Waals surface area contributed by atoms with Gasteiger partial charge in [-0.1, -0.05) is 6.07 Å². The maximum absolute atomic E-state index is 4.18. The average Bonchev–Trinajstić information content (AvgIpc) is 2.04. The molecule has 54 valence electrons. The molecule has 0 aliphatic carbocycles. The molecule has 0 radical (unpaired) electrons. The molecule has 0 unspecified atom stereocenters. The first-order valence-electron chi connectivity index (χ1n) is 3.26. The fourth-order valence-electron chi connectivity index (χ4n) is 0.956. The molecular formula is C8H6N2S. The van der Waals surface area contributed by atoms with Crippen molar-refractivity contribution in [2.45, 2.75) is 5.03 Å². The van der Waals surface area contributed by atoms with Crippen molar-refractivity contribution >= 4 is 23.5 Å². The molecule has 3 heteroatoms. The predicted octanol–water partition coefficient (Wildman–Crippen LogP) is 1.92. The van der Waals surface area contributed by atoms with Crippen LogP contribution in [0.1, 0.15) is 0 Å². The second-order valence-corrected chi connectivity index (χ2v) is 2.70. The first kappa shape index (κ1) is 6.61. The van der Waals surface area contributed by atoms with Crippen LogP contribution in [-0.2, 0) is 0 Å². The number of fused-ring (bicyclic) bond motifs is 1. The topological polar surface area (TPSA) is 25.8 Å². The fraction of sp³-hybridized carbons (Fsp3) is 0.